The predicted molar refractivity (Wildman–Crippen MR) is 93.3 cm³/mol. The number of carbonyl (C=O) groups excluding carboxylic acids is 2. The molecule has 1 aliphatic heterocycles. The molecular weight excluding hydrogens is 324 g/mol. The van der Waals surface area contributed by atoms with E-state index in [4.69, 9.17) is 0 Å². The Balaban J connectivity index is 1.87. The SMILES string of the molecule is CCC(C)NC(=O)CN1CCN(C(=O)c2cccc([N+](=O)[O-])c2)CC1. The Kier molecular flexibility index (Phi) is 6.46. The molecule has 8 heteroatoms. The Morgan fingerprint density at radius 3 is 2.56 bits per heavy atom. The van der Waals surface area contributed by atoms with E-state index in [2.05, 4.69) is 5.32 Å². The minimum absolute atomic E-state index is 0.00666. The van der Waals surface area contributed by atoms with Crippen LogP contribution in [0.15, 0.2) is 24.3 Å². The van der Waals surface area contributed by atoms with Gasteiger partial charge in [-0.15, -0.1) is 0 Å². The minimum atomic E-state index is -0.509. The fraction of sp³-hybridized carbons (Fsp3) is 0.529. The number of nitro benzene ring substituents is 1. The highest BCUT2D eigenvalue weighted by atomic mass is 16.6. The number of nitro groups is 1. The summed E-state index contributed by atoms with van der Waals surface area (Å²) in [6, 6.07) is 5.92. The van der Waals surface area contributed by atoms with Crippen molar-refractivity contribution >= 4 is 17.5 Å². The molecule has 1 fully saturated rings. The summed E-state index contributed by atoms with van der Waals surface area (Å²) in [5, 5.41) is 13.8. The third-order valence-corrected chi connectivity index (χ3v) is 4.35. The second-order valence-corrected chi connectivity index (χ2v) is 6.25. The fourth-order valence-electron chi connectivity index (χ4n) is 2.67. The van der Waals surface area contributed by atoms with E-state index in [1.54, 1.807) is 11.0 Å². The topological polar surface area (TPSA) is 95.8 Å². The quantitative estimate of drug-likeness (QED) is 0.617. The van der Waals surface area contributed by atoms with Crippen molar-refractivity contribution in [3.63, 3.8) is 0 Å². The lowest BCUT2D eigenvalue weighted by molar-refractivity contribution is -0.384. The molecular formula is C17H24N4O4. The van der Waals surface area contributed by atoms with Crippen LogP contribution in [0.1, 0.15) is 30.6 Å². The van der Waals surface area contributed by atoms with E-state index in [9.17, 15) is 19.7 Å². The number of nitrogens with zero attached hydrogens (tertiary/aromatic N) is 3. The normalized spacial score (nSPS) is 16.3. The number of rotatable bonds is 6. The van der Waals surface area contributed by atoms with E-state index in [0.29, 0.717) is 38.3 Å². The van der Waals surface area contributed by atoms with E-state index in [1.807, 2.05) is 18.7 Å². The lowest BCUT2D eigenvalue weighted by atomic mass is 10.1. The number of hydrogen-bond acceptors (Lipinski definition) is 5. The van der Waals surface area contributed by atoms with Gasteiger partial charge in [-0.05, 0) is 19.4 Å². The molecule has 2 rings (SSSR count). The van der Waals surface area contributed by atoms with Crippen molar-refractivity contribution in [1.29, 1.82) is 0 Å². The molecule has 136 valence electrons. The number of benzene rings is 1. The first-order valence-electron chi connectivity index (χ1n) is 8.46. The zero-order valence-corrected chi connectivity index (χ0v) is 14.6. The summed E-state index contributed by atoms with van der Waals surface area (Å²) in [5.74, 6) is -0.222. The van der Waals surface area contributed by atoms with Crippen LogP contribution in [0.3, 0.4) is 0 Å². The molecule has 8 nitrogen and oxygen atoms in total. The molecule has 1 N–H and O–H groups in total. The van der Waals surface area contributed by atoms with Gasteiger partial charge in [0.2, 0.25) is 5.91 Å². The second-order valence-electron chi connectivity index (χ2n) is 6.25. The molecule has 0 saturated carbocycles. The molecule has 0 spiro atoms. The van der Waals surface area contributed by atoms with E-state index in [0.717, 1.165) is 6.42 Å². The zero-order valence-electron chi connectivity index (χ0n) is 14.6. The molecule has 0 aliphatic carbocycles. The van der Waals surface area contributed by atoms with Gasteiger partial charge in [0.1, 0.15) is 0 Å². The van der Waals surface area contributed by atoms with E-state index >= 15 is 0 Å². The monoisotopic (exact) mass is 348 g/mol. The lowest BCUT2D eigenvalue weighted by Crippen LogP contribution is -2.51. The van der Waals surface area contributed by atoms with Crippen molar-refractivity contribution in [2.75, 3.05) is 32.7 Å². The van der Waals surface area contributed by atoms with Crippen LogP contribution in [0.2, 0.25) is 0 Å². The molecule has 1 heterocycles. The van der Waals surface area contributed by atoms with Gasteiger partial charge in [0.15, 0.2) is 0 Å². The van der Waals surface area contributed by atoms with Crippen LogP contribution in [0.25, 0.3) is 0 Å². The first-order chi connectivity index (χ1) is 11.9. The van der Waals surface area contributed by atoms with Crippen molar-refractivity contribution in [3.8, 4) is 0 Å². The molecule has 1 aliphatic rings. The number of carbonyl (C=O) groups is 2. The van der Waals surface area contributed by atoms with Crippen molar-refractivity contribution in [2.24, 2.45) is 0 Å². The molecule has 1 atom stereocenters. The highest BCUT2D eigenvalue weighted by Gasteiger charge is 2.24. The smallest absolute Gasteiger partial charge is 0.270 e. The summed E-state index contributed by atoms with van der Waals surface area (Å²) in [4.78, 5) is 38.4. The molecule has 0 radical (unpaired) electrons. The zero-order chi connectivity index (χ0) is 18.4. The highest BCUT2D eigenvalue weighted by Crippen LogP contribution is 2.15. The molecule has 2 amide bonds. The first kappa shape index (κ1) is 18.9. The molecule has 1 aromatic rings. The largest absolute Gasteiger partial charge is 0.353 e. The number of amides is 2. The van der Waals surface area contributed by atoms with Crippen LogP contribution in [-0.2, 0) is 4.79 Å². The van der Waals surface area contributed by atoms with E-state index < -0.39 is 4.92 Å². The van der Waals surface area contributed by atoms with Crippen LogP contribution in [0, 0.1) is 10.1 Å². The summed E-state index contributed by atoms with van der Waals surface area (Å²) in [6.45, 7) is 6.51. The van der Waals surface area contributed by atoms with Crippen molar-refractivity contribution in [3.05, 3.63) is 39.9 Å². The van der Waals surface area contributed by atoms with E-state index in [-0.39, 0.29) is 23.5 Å². The average molecular weight is 348 g/mol. The lowest BCUT2D eigenvalue weighted by Gasteiger charge is -2.34. The summed E-state index contributed by atoms with van der Waals surface area (Å²) in [6.07, 6.45) is 0.886. The Bertz CT molecular complexity index is 641. The van der Waals surface area contributed by atoms with Gasteiger partial charge in [0.05, 0.1) is 11.5 Å². The maximum atomic E-state index is 12.5. The van der Waals surface area contributed by atoms with Crippen molar-refractivity contribution in [2.45, 2.75) is 26.3 Å². The number of hydrogen-bond donors (Lipinski definition) is 1. The first-order valence-corrected chi connectivity index (χ1v) is 8.46. The van der Waals surface area contributed by atoms with Gasteiger partial charge in [-0.2, -0.15) is 0 Å². The summed E-state index contributed by atoms with van der Waals surface area (Å²) < 4.78 is 0. The molecule has 0 aromatic heterocycles. The Morgan fingerprint density at radius 2 is 1.96 bits per heavy atom. The van der Waals surface area contributed by atoms with Crippen LogP contribution in [0.4, 0.5) is 5.69 Å². The molecule has 1 saturated heterocycles. The fourth-order valence-corrected chi connectivity index (χ4v) is 2.67. The van der Waals surface area contributed by atoms with Crippen LogP contribution < -0.4 is 5.32 Å². The van der Waals surface area contributed by atoms with Gasteiger partial charge in [0.25, 0.3) is 11.6 Å². The third kappa shape index (κ3) is 5.25. The Hall–Kier alpha value is -2.48. The average Bonchev–Trinajstić information content (AvgIpc) is 2.61. The third-order valence-electron chi connectivity index (χ3n) is 4.35. The standard InChI is InChI=1S/C17H24N4O4/c1-3-13(2)18-16(22)12-19-7-9-20(10-8-19)17(23)14-5-4-6-15(11-14)21(24)25/h4-6,11,13H,3,7-10,12H2,1-2H3,(H,18,22). The number of non-ortho nitro benzene ring substituents is 1. The van der Waals surface area contributed by atoms with Gasteiger partial charge < -0.3 is 10.2 Å². The number of piperazine rings is 1. The molecule has 0 bridgehead atoms. The second kappa shape index (κ2) is 8.57. The maximum absolute atomic E-state index is 12.5. The van der Waals surface area contributed by atoms with Gasteiger partial charge in [-0.25, -0.2) is 0 Å². The molecule has 1 unspecified atom stereocenters. The number of nitrogens with one attached hydrogen (secondary N) is 1. The van der Waals surface area contributed by atoms with E-state index in [1.165, 1.54) is 18.2 Å². The van der Waals surface area contributed by atoms with Crippen LogP contribution >= 0.6 is 0 Å². The molecule has 1 aromatic carbocycles. The van der Waals surface area contributed by atoms with Crippen LogP contribution in [0.5, 0.6) is 0 Å². The maximum Gasteiger partial charge on any atom is 0.270 e. The Morgan fingerprint density at radius 1 is 1.28 bits per heavy atom. The minimum Gasteiger partial charge on any atom is -0.353 e. The van der Waals surface area contributed by atoms with Gasteiger partial charge in [-0.3, -0.25) is 24.6 Å². The van der Waals surface area contributed by atoms with Gasteiger partial charge in [-0.1, -0.05) is 13.0 Å². The summed E-state index contributed by atoms with van der Waals surface area (Å²) in [7, 11) is 0. The summed E-state index contributed by atoms with van der Waals surface area (Å²) in [5.41, 5.74) is 0.225. The highest BCUT2D eigenvalue weighted by molar-refractivity contribution is 5.95. The van der Waals surface area contributed by atoms with Crippen molar-refractivity contribution in [1.82, 2.24) is 15.1 Å². The van der Waals surface area contributed by atoms with Crippen molar-refractivity contribution < 1.29 is 14.5 Å². The summed E-state index contributed by atoms with van der Waals surface area (Å²) >= 11 is 0. The Labute approximate surface area is 146 Å². The van der Waals surface area contributed by atoms with Gasteiger partial charge in [0, 0.05) is 49.9 Å². The molecule has 25 heavy (non-hydrogen) atoms. The predicted octanol–water partition coefficient (Wildman–Crippen LogP) is 1.27. The van der Waals surface area contributed by atoms with Gasteiger partial charge >= 0.3 is 0 Å². The van der Waals surface area contributed by atoms with Crippen LogP contribution in [-0.4, -0.2) is 65.3 Å².